The van der Waals surface area contributed by atoms with Crippen molar-refractivity contribution in [2.45, 2.75) is 19.3 Å². The zero-order chi connectivity index (χ0) is 18.2. The molecule has 3 heterocycles. The molecule has 0 radical (unpaired) electrons. The van der Waals surface area contributed by atoms with E-state index in [4.69, 9.17) is 0 Å². The van der Waals surface area contributed by atoms with Crippen molar-refractivity contribution in [2.75, 3.05) is 0 Å². The molecule has 0 N–H and O–H groups in total. The number of nitrogens with zero attached hydrogens (tertiary/aromatic N) is 5. The van der Waals surface area contributed by atoms with Gasteiger partial charge in [-0.1, -0.05) is 5.16 Å². The molecule has 3 aromatic heterocycles. The average Bonchev–Trinajstić information content (AvgIpc) is 3.18. The number of hydrogen-bond acceptors (Lipinski definition) is 5. The second kappa shape index (κ2) is 6.11. The molecule has 0 saturated heterocycles. The maximum Gasteiger partial charge on any atom is 0.471 e. The molecule has 3 aromatic rings. The summed E-state index contributed by atoms with van der Waals surface area (Å²) in [4.78, 5) is 15.2. The third kappa shape index (κ3) is 3.56. The van der Waals surface area contributed by atoms with E-state index in [1.807, 2.05) is 0 Å². The van der Waals surface area contributed by atoms with Crippen molar-refractivity contribution < 1.29 is 26.5 Å². The summed E-state index contributed by atoms with van der Waals surface area (Å²) in [5, 5.41) is 6.78. The summed E-state index contributed by atoms with van der Waals surface area (Å²) in [6.07, 6.45) is -2.45. The summed E-state index contributed by atoms with van der Waals surface area (Å²) in [7, 11) is 0. The maximum absolute atomic E-state index is 12.5. The van der Waals surface area contributed by atoms with Crippen LogP contribution in [0.2, 0.25) is 0 Å². The maximum atomic E-state index is 12.5. The number of rotatable bonds is 4. The Morgan fingerprint density at radius 3 is 2.52 bits per heavy atom. The molecule has 0 amide bonds. The van der Waals surface area contributed by atoms with Crippen LogP contribution in [-0.2, 0) is 12.7 Å². The second-order valence-electron chi connectivity index (χ2n) is 4.87. The molecule has 0 aliphatic rings. The first-order valence-electron chi connectivity index (χ1n) is 6.68. The van der Waals surface area contributed by atoms with Crippen LogP contribution in [0.4, 0.5) is 22.0 Å². The monoisotopic (exact) mass is 361 g/mol. The van der Waals surface area contributed by atoms with Gasteiger partial charge in [0, 0.05) is 24.0 Å². The van der Waals surface area contributed by atoms with Gasteiger partial charge in [-0.3, -0.25) is 4.79 Å². The van der Waals surface area contributed by atoms with Gasteiger partial charge in [-0.15, -0.1) is 0 Å². The van der Waals surface area contributed by atoms with Crippen molar-refractivity contribution in [1.82, 2.24) is 24.5 Å². The average molecular weight is 361 g/mol. The third-order valence-corrected chi connectivity index (χ3v) is 3.12. The van der Waals surface area contributed by atoms with Crippen molar-refractivity contribution >= 4 is 0 Å². The number of halogens is 5. The quantitative estimate of drug-likeness (QED) is 0.668. The Balaban J connectivity index is 1.83. The number of alkyl halides is 5. The number of pyridine rings is 1. The van der Waals surface area contributed by atoms with Crippen LogP contribution in [0.3, 0.4) is 0 Å². The van der Waals surface area contributed by atoms with Gasteiger partial charge >= 0.3 is 18.6 Å². The Hall–Kier alpha value is -3.05. The Kier molecular flexibility index (Phi) is 4.10. The smallest absolute Gasteiger partial charge is 0.329 e. The summed E-state index contributed by atoms with van der Waals surface area (Å²) in [5.74, 6) is -1.91. The first-order valence-corrected chi connectivity index (χ1v) is 6.68. The fourth-order valence-corrected chi connectivity index (χ4v) is 1.98. The predicted molar refractivity (Wildman–Crippen MR) is 71.6 cm³/mol. The second-order valence-corrected chi connectivity index (χ2v) is 4.87. The molecule has 7 nitrogen and oxygen atoms in total. The van der Waals surface area contributed by atoms with Crippen molar-refractivity contribution in [3.05, 3.63) is 52.5 Å². The van der Waals surface area contributed by atoms with Crippen molar-refractivity contribution in [2.24, 2.45) is 0 Å². The standard InChI is InChI=1S/C13H8F5N5O2/c14-12(15)23-4-2-8(20-23)6-22-3-1-7(5-9(22)24)10-19-11(25-21-10)13(16,17)18/h1-5,12H,6H2. The first-order chi connectivity index (χ1) is 11.7. The molecule has 3 rings (SSSR count). The van der Waals surface area contributed by atoms with Gasteiger partial charge in [-0.05, 0) is 12.1 Å². The first kappa shape index (κ1) is 16.8. The van der Waals surface area contributed by atoms with Crippen LogP contribution in [0.15, 0.2) is 39.9 Å². The van der Waals surface area contributed by atoms with Gasteiger partial charge in [0.15, 0.2) is 0 Å². The van der Waals surface area contributed by atoms with E-state index in [0.717, 1.165) is 16.8 Å². The van der Waals surface area contributed by atoms with Crippen molar-refractivity contribution in [3.8, 4) is 11.4 Å². The van der Waals surface area contributed by atoms with E-state index in [9.17, 15) is 26.7 Å². The van der Waals surface area contributed by atoms with Crippen LogP contribution in [0.5, 0.6) is 0 Å². The summed E-state index contributed by atoms with van der Waals surface area (Å²) in [6, 6.07) is 3.63. The Morgan fingerprint density at radius 1 is 1.20 bits per heavy atom. The predicted octanol–water partition coefficient (Wildman–Crippen LogP) is 2.56. The number of aromatic nitrogens is 5. The zero-order valence-corrected chi connectivity index (χ0v) is 12.1. The van der Waals surface area contributed by atoms with Crippen LogP contribution in [0, 0.1) is 0 Å². The molecule has 25 heavy (non-hydrogen) atoms. The molecule has 0 unspecified atom stereocenters. The molecule has 0 aliphatic heterocycles. The SMILES string of the molecule is O=c1cc(-c2noc(C(F)(F)F)n2)ccn1Cc1ccn(C(F)F)n1. The Bertz CT molecular complexity index is 943. The topological polar surface area (TPSA) is 78.7 Å². The van der Waals surface area contributed by atoms with Crippen LogP contribution in [-0.4, -0.2) is 24.5 Å². The molecule has 0 aliphatic carbocycles. The van der Waals surface area contributed by atoms with Crippen molar-refractivity contribution in [3.63, 3.8) is 0 Å². The summed E-state index contributed by atoms with van der Waals surface area (Å²) >= 11 is 0. The lowest BCUT2D eigenvalue weighted by atomic mass is 10.2. The van der Waals surface area contributed by atoms with E-state index in [-0.39, 0.29) is 17.8 Å². The third-order valence-electron chi connectivity index (χ3n) is 3.12. The van der Waals surface area contributed by atoms with Gasteiger partial charge in [0.1, 0.15) is 0 Å². The van der Waals surface area contributed by atoms with Crippen LogP contribution in [0.1, 0.15) is 18.1 Å². The van der Waals surface area contributed by atoms with Gasteiger partial charge in [0.2, 0.25) is 5.82 Å². The molecule has 0 atom stereocenters. The summed E-state index contributed by atoms with van der Waals surface area (Å²) in [5.41, 5.74) is -0.352. The van der Waals surface area contributed by atoms with E-state index in [0.29, 0.717) is 4.68 Å². The van der Waals surface area contributed by atoms with E-state index in [2.05, 4.69) is 19.8 Å². The molecule has 12 heteroatoms. The van der Waals surface area contributed by atoms with E-state index in [1.54, 1.807) is 0 Å². The van der Waals surface area contributed by atoms with Crippen LogP contribution in [0.25, 0.3) is 11.4 Å². The highest BCUT2D eigenvalue weighted by molar-refractivity contribution is 5.52. The minimum absolute atomic E-state index is 0.0265. The molecular weight excluding hydrogens is 353 g/mol. The molecular formula is C13H8F5N5O2. The highest BCUT2D eigenvalue weighted by atomic mass is 19.4. The van der Waals surface area contributed by atoms with Gasteiger partial charge < -0.3 is 9.09 Å². The van der Waals surface area contributed by atoms with Crippen molar-refractivity contribution in [1.29, 1.82) is 0 Å². The minimum atomic E-state index is -4.79. The zero-order valence-electron chi connectivity index (χ0n) is 12.1. The summed E-state index contributed by atoms with van der Waals surface area (Å²) < 4.78 is 67.9. The number of hydrogen-bond donors (Lipinski definition) is 0. The fraction of sp³-hybridized carbons (Fsp3) is 0.231. The highest BCUT2D eigenvalue weighted by Gasteiger charge is 2.38. The van der Waals surface area contributed by atoms with E-state index >= 15 is 0 Å². The molecule has 0 saturated carbocycles. The normalized spacial score (nSPS) is 12.1. The van der Waals surface area contributed by atoms with E-state index < -0.39 is 30.0 Å². The molecule has 0 spiro atoms. The molecule has 0 bridgehead atoms. The largest absolute Gasteiger partial charge is 0.471 e. The Labute approximate surface area is 135 Å². The lowest BCUT2D eigenvalue weighted by molar-refractivity contribution is -0.159. The van der Waals surface area contributed by atoms with Gasteiger partial charge in [-0.25, -0.2) is 4.68 Å². The lowest BCUT2D eigenvalue weighted by Crippen LogP contribution is -2.19. The summed E-state index contributed by atoms with van der Waals surface area (Å²) in [6.45, 7) is -2.88. The molecule has 0 fully saturated rings. The van der Waals surface area contributed by atoms with Gasteiger partial charge in [0.05, 0.1) is 12.2 Å². The lowest BCUT2D eigenvalue weighted by Gasteiger charge is -2.04. The Morgan fingerprint density at radius 2 is 1.96 bits per heavy atom. The van der Waals surface area contributed by atoms with Gasteiger partial charge in [-0.2, -0.15) is 32.0 Å². The minimum Gasteiger partial charge on any atom is -0.329 e. The highest BCUT2D eigenvalue weighted by Crippen LogP contribution is 2.29. The fourth-order valence-electron chi connectivity index (χ4n) is 1.98. The van der Waals surface area contributed by atoms with Crippen LogP contribution < -0.4 is 5.56 Å². The van der Waals surface area contributed by atoms with Crippen LogP contribution >= 0.6 is 0 Å². The molecule has 0 aromatic carbocycles. The van der Waals surface area contributed by atoms with Gasteiger partial charge in [0.25, 0.3) is 5.56 Å². The van der Waals surface area contributed by atoms with E-state index in [1.165, 1.54) is 18.3 Å². The molecule has 132 valence electrons.